The van der Waals surface area contributed by atoms with E-state index in [-0.39, 0.29) is 0 Å². The molecule has 0 saturated carbocycles. The van der Waals surface area contributed by atoms with E-state index in [0.717, 1.165) is 10.7 Å². The third-order valence-electron chi connectivity index (χ3n) is 4.73. The largest absolute Gasteiger partial charge is 0.497 e. The molecule has 0 amide bonds. The standard InChI is InChI=1S/C20H24N2O6S/c1-25-13-7-9-19(27-3)16(10-13)18-12-17(21-22(18)29(5,23)24)15-8-6-14(26-2)11-20(15)28-4/h6-11,18H,12H2,1-5H3/t18-/m0/s1. The Morgan fingerprint density at radius 3 is 2.10 bits per heavy atom. The predicted octanol–water partition coefficient (Wildman–Crippen LogP) is 2.83. The molecule has 2 aromatic rings. The van der Waals surface area contributed by atoms with Gasteiger partial charge in [0.15, 0.2) is 0 Å². The van der Waals surface area contributed by atoms with Crippen molar-refractivity contribution >= 4 is 15.7 Å². The number of ether oxygens (including phenoxy) is 4. The summed E-state index contributed by atoms with van der Waals surface area (Å²) < 4.78 is 47.6. The molecule has 0 fully saturated rings. The molecule has 1 heterocycles. The number of sulfonamides is 1. The topological polar surface area (TPSA) is 86.7 Å². The Labute approximate surface area is 170 Å². The van der Waals surface area contributed by atoms with E-state index in [4.69, 9.17) is 18.9 Å². The molecular weight excluding hydrogens is 396 g/mol. The molecule has 1 aliphatic rings. The predicted molar refractivity (Wildman–Crippen MR) is 110 cm³/mol. The fraction of sp³-hybridized carbons (Fsp3) is 0.350. The van der Waals surface area contributed by atoms with Crippen LogP contribution in [0.1, 0.15) is 23.6 Å². The van der Waals surface area contributed by atoms with Crippen molar-refractivity contribution in [3.05, 3.63) is 47.5 Å². The van der Waals surface area contributed by atoms with Crippen molar-refractivity contribution in [1.82, 2.24) is 4.41 Å². The highest BCUT2D eigenvalue weighted by molar-refractivity contribution is 7.88. The van der Waals surface area contributed by atoms with Gasteiger partial charge >= 0.3 is 0 Å². The second-order valence-corrected chi connectivity index (χ2v) is 8.32. The van der Waals surface area contributed by atoms with Crippen LogP contribution >= 0.6 is 0 Å². The quantitative estimate of drug-likeness (QED) is 0.685. The molecule has 2 aromatic carbocycles. The van der Waals surface area contributed by atoms with Crippen molar-refractivity contribution in [1.29, 1.82) is 0 Å². The normalized spacial score (nSPS) is 16.4. The number of hydrogen-bond acceptors (Lipinski definition) is 7. The highest BCUT2D eigenvalue weighted by atomic mass is 32.2. The highest BCUT2D eigenvalue weighted by Gasteiger charge is 2.37. The number of nitrogens with zero attached hydrogens (tertiary/aromatic N) is 2. The average molecular weight is 420 g/mol. The Bertz CT molecular complexity index is 1040. The van der Waals surface area contributed by atoms with E-state index >= 15 is 0 Å². The van der Waals surface area contributed by atoms with E-state index in [9.17, 15) is 8.42 Å². The first-order valence-corrected chi connectivity index (χ1v) is 10.7. The van der Waals surface area contributed by atoms with E-state index in [0.29, 0.717) is 46.3 Å². The average Bonchev–Trinajstić information content (AvgIpc) is 3.18. The van der Waals surface area contributed by atoms with E-state index in [1.165, 1.54) is 0 Å². The fourth-order valence-corrected chi connectivity index (χ4v) is 4.22. The van der Waals surface area contributed by atoms with Crippen LogP contribution in [0.25, 0.3) is 0 Å². The van der Waals surface area contributed by atoms with Crippen LogP contribution in [0, 0.1) is 0 Å². The molecule has 8 nitrogen and oxygen atoms in total. The lowest BCUT2D eigenvalue weighted by molar-refractivity contribution is 0.348. The zero-order valence-corrected chi connectivity index (χ0v) is 17.8. The van der Waals surface area contributed by atoms with Crippen LogP contribution in [0.15, 0.2) is 41.5 Å². The molecule has 0 bridgehead atoms. The van der Waals surface area contributed by atoms with Crippen molar-refractivity contribution in [2.24, 2.45) is 5.10 Å². The van der Waals surface area contributed by atoms with Gasteiger partial charge in [0.1, 0.15) is 23.0 Å². The van der Waals surface area contributed by atoms with E-state index < -0.39 is 16.1 Å². The molecule has 0 aromatic heterocycles. The summed E-state index contributed by atoms with van der Waals surface area (Å²) >= 11 is 0. The van der Waals surface area contributed by atoms with Crippen LogP contribution in [0.4, 0.5) is 0 Å². The SMILES string of the molecule is COc1ccc(C2=NN(S(C)(=O)=O)[C@H](c3cc(OC)ccc3OC)C2)c(OC)c1. The monoisotopic (exact) mass is 420 g/mol. The van der Waals surface area contributed by atoms with Crippen molar-refractivity contribution in [2.75, 3.05) is 34.7 Å². The van der Waals surface area contributed by atoms with Crippen LogP contribution in [-0.2, 0) is 10.0 Å². The van der Waals surface area contributed by atoms with Crippen LogP contribution in [-0.4, -0.2) is 53.2 Å². The summed E-state index contributed by atoms with van der Waals surface area (Å²) in [4.78, 5) is 0. The Morgan fingerprint density at radius 2 is 1.52 bits per heavy atom. The van der Waals surface area contributed by atoms with Crippen molar-refractivity contribution in [3.8, 4) is 23.0 Å². The van der Waals surface area contributed by atoms with Gasteiger partial charge in [-0.05, 0) is 30.3 Å². The lowest BCUT2D eigenvalue weighted by Gasteiger charge is -2.23. The number of methoxy groups -OCH3 is 4. The second kappa shape index (κ2) is 8.20. The lowest BCUT2D eigenvalue weighted by atomic mass is 9.97. The lowest BCUT2D eigenvalue weighted by Crippen LogP contribution is -2.26. The fourth-order valence-electron chi connectivity index (χ4n) is 3.33. The molecule has 3 rings (SSSR count). The zero-order valence-electron chi connectivity index (χ0n) is 17.0. The highest BCUT2D eigenvalue weighted by Crippen LogP contribution is 2.41. The van der Waals surface area contributed by atoms with E-state index in [1.54, 1.807) is 58.8 Å². The summed E-state index contributed by atoms with van der Waals surface area (Å²) in [6.07, 6.45) is 1.48. The van der Waals surface area contributed by atoms with Gasteiger partial charge in [-0.15, -0.1) is 0 Å². The number of rotatable bonds is 7. The minimum absolute atomic E-state index is 0.347. The number of hydrogen-bond donors (Lipinski definition) is 0. The summed E-state index contributed by atoms with van der Waals surface area (Å²) in [5.41, 5.74) is 1.96. The van der Waals surface area contributed by atoms with Crippen LogP contribution in [0.2, 0.25) is 0 Å². The van der Waals surface area contributed by atoms with Crippen molar-refractivity contribution in [2.45, 2.75) is 12.5 Å². The minimum atomic E-state index is -3.63. The van der Waals surface area contributed by atoms with Gasteiger partial charge in [-0.3, -0.25) is 0 Å². The maximum atomic E-state index is 12.5. The molecule has 9 heteroatoms. The first-order chi connectivity index (χ1) is 13.8. The molecule has 1 atom stereocenters. The summed E-state index contributed by atoms with van der Waals surface area (Å²) in [6.45, 7) is 0. The summed E-state index contributed by atoms with van der Waals surface area (Å²) in [5.74, 6) is 2.34. The Kier molecular flexibility index (Phi) is 5.88. The van der Waals surface area contributed by atoms with Crippen LogP contribution < -0.4 is 18.9 Å². The van der Waals surface area contributed by atoms with Gasteiger partial charge in [-0.25, -0.2) is 8.42 Å². The van der Waals surface area contributed by atoms with Crippen LogP contribution in [0.5, 0.6) is 23.0 Å². The molecule has 0 aliphatic carbocycles. The number of hydrazone groups is 1. The third kappa shape index (κ3) is 4.09. The second-order valence-electron chi connectivity index (χ2n) is 6.48. The van der Waals surface area contributed by atoms with Gasteiger partial charge in [0.25, 0.3) is 0 Å². The maximum Gasteiger partial charge on any atom is 0.247 e. The summed E-state index contributed by atoms with van der Waals surface area (Å²) in [5, 5.41) is 4.43. The molecule has 29 heavy (non-hydrogen) atoms. The van der Waals surface area contributed by atoms with E-state index in [2.05, 4.69) is 5.10 Å². The summed E-state index contributed by atoms with van der Waals surface area (Å²) in [6, 6.07) is 10.0. The Morgan fingerprint density at radius 1 is 0.897 bits per heavy atom. The molecule has 0 saturated heterocycles. The molecular formula is C20H24N2O6S. The maximum absolute atomic E-state index is 12.5. The van der Waals surface area contributed by atoms with Crippen molar-refractivity contribution in [3.63, 3.8) is 0 Å². The molecule has 156 valence electrons. The molecule has 0 radical (unpaired) electrons. The van der Waals surface area contributed by atoms with Gasteiger partial charge in [0.2, 0.25) is 10.0 Å². The van der Waals surface area contributed by atoms with Gasteiger partial charge in [0, 0.05) is 23.6 Å². The van der Waals surface area contributed by atoms with Gasteiger partial charge in [-0.2, -0.15) is 9.52 Å². The molecule has 0 spiro atoms. The van der Waals surface area contributed by atoms with Gasteiger partial charge in [-0.1, -0.05) is 0 Å². The minimum Gasteiger partial charge on any atom is -0.497 e. The van der Waals surface area contributed by atoms with Crippen molar-refractivity contribution < 1.29 is 27.4 Å². The first kappa shape index (κ1) is 20.8. The Hall–Kier alpha value is -2.94. The smallest absolute Gasteiger partial charge is 0.247 e. The first-order valence-electron chi connectivity index (χ1n) is 8.83. The van der Waals surface area contributed by atoms with E-state index in [1.807, 2.05) is 6.07 Å². The van der Waals surface area contributed by atoms with Gasteiger partial charge < -0.3 is 18.9 Å². The Balaban J connectivity index is 2.10. The number of benzene rings is 2. The third-order valence-corrected chi connectivity index (χ3v) is 5.74. The zero-order chi connectivity index (χ0) is 21.2. The van der Waals surface area contributed by atoms with Gasteiger partial charge in [0.05, 0.1) is 46.4 Å². The van der Waals surface area contributed by atoms with Crippen LogP contribution in [0.3, 0.4) is 0 Å². The molecule has 1 aliphatic heterocycles. The summed E-state index contributed by atoms with van der Waals surface area (Å²) in [7, 11) is 2.58. The molecule has 0 unspecified atom stereocenters. The molecule has 0 N–H and O–H groups in total.